The summed E-state index contributed by atoms with van der Waals surface area (Å²) in [5, 5.41) is 11.3. The van der Waals surface area contributed by atoms with Crippen LogP contribution in [0, 0.1) is 12.8 Å². The molecule has 7 nitrogen and oxygen atoms in total. The number of rotatable bonds is 4. The zero-order valence-electron chi connectivity index (χ0n) is 14.3. The molecule has 3 rings (SSSR count). The first-order valence-corrected chi connectivity index (χ1v) is 8.53. The fourth-order valence-electron chi connectivity index (χ4n) is 3.77. The summed E-state index contributed by atoms with van der Waals surface area (Å²) in [6.45, 7) is 4.10. The lowest BCUT2D eigenvalue weighted by atomic mass is 9.96. The third kappa shape index (κ3) is 3.83. The smallest absolute Gasteiger partial charge is 0.317 e. The van der Waals surface area contributed by atoms with E-state index in [2.05, 4.69) is 34.5 Å². The Kier molecular flexibility index (Phi) is 4.84. The van der Waals surface area contributed by atoms with Crippen LogP contribution in [0.4, 0.5) is 4.79 Å². The second kappa shape index (κ2) is 6.86. The minimum Gasteiger partial charge on any atom is -0.425 e. The van der Waals surface area contributed by atoms with Gasteiger partial charge in [0.2, 0.25) is 11.8 Å². The van der Waals surface area contributed by atoms with Crippen LogP contribution in [0.2, 0.25) is 0 Å². The van der Waals surface area contributed by atoms with Crippen LogP contribution in [0.15, 0.2) is 4.42 Å². The first kappa shape index (κ1) is 16.2. The van der Waals surface area contributed by atoms with Gasteiger partial charge in [-0.2, -0.15) is 0 Å². The van der Waals surface area contributed by atoms with Crippen molar-refractivity contribution < 1.29 is 9.21 Å². The molecule has 1 aliphatic heterocycles. The number of carbonyl (C=O) groups excluding carboxylic acids is 1. The average molecular weight is 321 g/mol. The van der Waals surface area contributed by atoms with Gasteiger partial charge in [-0.25, -0.2) is 4.79 Å². The molecular weight excluding hydrogens is 294 g/mol. The Hall–Kier alpha value is -1.63. The molecule has 7 heteroatoms. The second-order valence-corrected chi connectivity index (χ2v) is 7.12. The van der Waals surface area contributed by atoms with Crippen molar-refractivity contribution in [2.45, 2.75) is 44.6 Å². The molecule has 0 aromatic carbocycles. The van der Waals surface area contributed by atoms with E-state index in [0.29, 0.717) is 30.3 Å². The summed E-state index contributed by atoms with van der Waals surface area (Å²) in [7, 11) is 4.11. The number of amides is 2. The van der Waals surface area contributed by atoms with Gasteiger partial charge in [-0.05, 0) is 26.9 Å². The maximum absolute atomic E-state index is 12.5. The minimum atomic E-state index is 0.0550. The lowest BCUT2D eigenvalue weighted by molar-refractivity contribution is 0.201. The lowest BCUT2D eigenvalue weighted by Gasteiger charge is -2.21. The highest BCUT2D eigenvalue weighted by Crippen LogP contribution is 2.32. The Morgan fingerprint density at radius 1 is 1.30 bits per heavy atom. The molecule has 0 spiro atoms. The molecule has 0 bridgehead atoms. The number of hydrogen-bond donors (Lipinski definition) is 1. The fourth-order valence-corrected chi connectivity index (χ4v) is 3.77. The SMILES string of the molecule is Cc1nnc([C@H]2CN(C(=O)NC3CCCC3)C[C@@H]2CN(C)C)o1. The molecule has 1 aromatic rings. The third-order valence-corrected chi connectivity index (χ3v) is 4.87. The summed E-state index contributed by atoms with van der Waals surface area (Å²) in [6, 6.07) is 0.402. The van der Waals surface area contributed by atoms with Crippen molar-refractivity contribution in [2.75, 3.05) is 33.7 Å². The Morgan fingerprint density at radius 3 is 2.65 bits per heavy atom. The van der Waals surface area contributed by atoms with Crippen molar-refractivity contribution in [1.29, 1.82) is 0 Å². The van der Waals surface area contributed by atoms with Gasteiger partial charge in [0.15, 0.2) is 0 Å². The van der Waals surface area contributed by atoms with Crippen LogP contribution in [0.1, 0.15) is 43.4 Å². The molecule has 2 aliphatic rings. The summed E-state index contributed by atoms with van der Waals surface area (Å²) in [6.07, 6.45) is 4.65. The first-order chi connectivity index (χ1) is 11.0. The second-order valence-electron chi connectivity index (χ2n) is 7.12. The molecule has 0 radical (unpaired) electrons. The number of aryl methyl sites for hydroxylation is 1. The maximum atomic E-state index is 12.5. The lowest BCUT2D eigenvalue weighted by Crippen LogP contribution is -2.43. The van der Waals surface area contributed by atoms with E-state index >= 15 is 0 Å². The summed E-state index contributed by atoms with van der Waals surface area (Å²) in [5.74, 6) is 1.68. The van der Waals surface area contributed by atoms with Crippen molar-refractivity contribution in [3.63, 3.8) is 0 Å². The Bertz CT molecular complexity index is 538. The number of nitrogens with zero attached hydrogens (tertiary/aromatic N) is 4. The molecule has 2 heterocycles. The Morgan fingerprint density at radius 2 is 2.04 bits per heavy atom. The predicted molar refractivity (Wildman–Crippen MR) is 86.2 cm³/mol. The van der Waals surface area contributed by atoms with Crippen LogP contribution in [0.25, 0.3) is 0 Å². The highest BCUT2D eigenvalue weighted by molar-refractivity contribution is 5.75. The van der Waals surface area contributed by atoms with E-state index in [0.717, 1.165) is 25.9 Å². The fraction of sp³-hybridized carbons (Fsp3) is 0.812. The Balaban J connectivity index is 1.67. The summed E-state index contributed by atoms with van der Waals surface area (Å²) in [4.78, 5) is 16.6. The maximum Gasteiger partial charge on any atom is 0.317 e. The van der Waals surface area contributed by atoms with Crippen molar-refractivity contribution in [1.82, 2.24) is 25.3 Å². The monoisotopic (exact) mass is 321 g/mol. The van der Waals surface area contributed by atoms with Crippen LogP contribution in [-0.2, 0) is 0 Å². The van der Waals surface area contributed by atoms with Crippen LogP contribution >= 0.6 is 0 Å². The molecule has 23 heavy (non-hydrogen) atoms. The first-order valence-electron chi connectivity index (χ1n) is 8.53. The van der Waals surface area contributed by atoms with Gasteiger partial charge in [0.25, 0.3) is 0 Å². The molecule has 128 valence electrons. The van der Waals surface area contributed by atoms with Crippen molar-refractivity contribution >= 4 is 6.03 Å². The topological polar surface area (TPSA) is 74.5 Å². The van der Waals surface area contributed by atoms with Gasteiger partial charge in [0.1, 0.15) is 0 Å². The van der Waals surface area contributed by atoms with Crippen LogP contribution < -0.4 is 5.32 Å². The predicted octanol–water partition coefficient (Wildman–Crippen LogP) is 1.61. The molecule has 0 unspecified atom stereocenters. The van der Waals surface area contributed by atoms with Gasteiger partial charge < -0.3 is 19.5 Å². The molecular formula is C16H27N5O2. The van der Waals surface area contributed by atoms with Gasteiger partial charge in [-0.3, -0.25) is 0 Å². The molecule has 1 aromatic heterocycles. The summed E-state index contributed by atoms with van der Waals surface area (Å²) in [5.41, 5.74) is 0. The highest BCUT2D eigenvalue weighted by atomic mass is 16.4. The number of urea groups is 1. The zero-order valence-corrected chi connectivity index (χ0v) is 14.3. The van der Waals surface area contributed by atoms with E-state index in [1.54, 1.807) is 6.92 Å². The molecule has 1 N–H and O–H groups in total. The van der Waals surface area contributed by atoms with E-state index in [4.69, 9.17) is 4.42 Å². The van der Waals surface area contributed by atoms with Crippen LogP contribution in [0.3, 0.4) is 0 Å². The van der Waals surface area contributed by atoms with Crippen molar-refractivity contribution in [2.24, 2.45) is 5.92 Å². The number of likely N-dealkylation sites (tertiary alicyclic amines) is 1. The quantitative estimate of drug-likeness (QED) is 0.912. The van der Waals surface area contributed by atoms with Gasteiger partial charge in [0.05, 0.1) is 5.92 Å². The molecule has 1 aliphatic carbocycles. The standard InChI is InChI=1S/C16H27N5O2/c1-11-18-19-15(23-11)14-10-21(9-12(14)8-20(2)3)16(22)17-13-6-4-5-7-13/h12-14H,4-10H2,1-3H3,(H,17,22)/t12-,14-/m0/s1. The van der Waals surface area contributed by atoms with Crippen molar-refractivity contribution in [3.8, 4) is 0 Å². The third-order valence-electron chi connectivity index (χ3n) is 4.87. The van der Waals surface area contributed by atoms with E-state index in [9.17, 15) is 4.79 Å². The number of aromatic nitrogens is 2. The zero-order chi connectivity index (χ0) is 16.4. The summed E-state index contributed by atoms with van der Waals surface area (Å²) >= 11 is 0. The van der Waals surface area contributed by atoms with Gasteiger partial charge in [-0.15, -0.1) is 10.2 Å². The number of hydrogen-bond acceptors (Lipinski definition) is 5. The molecule has 2 atom stereocenters. The Labute approximate surface area is 137 Å². The number of carbonyl (C=O) groups is 1. The van der Waals surface area contributed by atoms with E-state index in [1.165, 1.54) is 12.8 Å². The van der Waals surface area contributed by atoms with Gasteiger partial charge in [-0.1, -0.05) is 12.8 Å². The molecule has 1 saturated carbocycles. The summed E-state index contributed by atoms with van der Waals surface area (Å²) < 4.78 is 5.64. The van der Waals surface area contributed by atoms with Crippen LogP contribution in [0.5, 0.6) is 0 Å². The normalized spacial score (nSPS) is 25.5. The average Bonchev–Trinajstić information content (AvgIpc) is 3.19. The van der Waals surface area contributed by atoms with Crippen molar-refractivity contribution in [3.05, 3.63) is 11.8 Å². The van der Waals surface area contributed by atoms with E-state index < -0.39 is 0 Å². The van der Waals surface area contributed by atoms with E-state index in [-0.39, 0.29) is 11.9 Å². The molecule has 2 amide bonds. The van der Waals surface area contributed by atoms with Gasteiger partial charge >= 0.3 is 6.03 Å². The van der Waals surface area contributed by atoms with Gasteiger partial charge in [0, 0.05) is 38.5 Å². The number of nitrogens with one attached hydrogen (secondary N) is 1. The molecule has 1 saturated heterocycles. The highest BCUT2D eigenvalue weighted by Gasteiger charge is 2.39. The minimum absolute atomic E-state index is 0.0550. The van der Waals surface area contributed by atoms with Crippen LogP contribution in [-0.4, -0.2) is 65.8 Å². The molecule has 2 fully saturated rings. The largest absolute Gasteiger partial charge is 0.425 e. The van der Waals surface area contributed by atoms with E-state index in [1.807, 2.05) is 4.90 Å².